The fraction of sp³-hybridized carbons (Fsp3) is 0.0909. The smallest absolute Gasteiger partial charge is 0.268 e. The maximum atomic E-state index is 11.5. The van der Waals surface area contributed by atoms with Crippen LogP contribution in [0.5, 0.6) is 0 Å². The molecule has 0 unspecified atom stereocenters. The molecule has 1 aromatic heterocycles. The number of nitriles is 1. The van der Waals surface area contributed by atoms with Crippen LogP contribution >= 0.6 is 0 Å². The molecule has 2 rings (SSSR count). The first-order valence-corrected chi connectivity index (χ1v) is 4.57. The molecule has 0 saturated heterocycles. The maximum Gasteiger partial charge on any atom is 0.268 e. The number of pyridine rings is 1. The molecule has 5 heteroatoms. The third kappa shape index (κ3) is 1.37. The van der Waals surface area contributed by atoms with Crippen LogP contribution in [0.25, 0.3) is 10.9 Å². The zero-order valence-electron chi connectivity index (χ0n) is 8.44. The number of fused-ring (bicyclic) bond motifs is 1. The molecule has 78 valence electrons. The van der Waals surface area contributed by atoms with Gasteiger partial charge in [-0.05, 0) is 24.2 Å². The van der Waals surface area contributed by atoms with Crippen LogP contribution in [0.15, 0.2) is 28.2 Å². The van der Waals surface area contributed by atoms with Crippen LogP contribution in [-0.4, -0.2) is 4.98 Å². The second-order valence-corrected chi connectivity index (χ2v) is 3.43. The average molecular weight is 213 g/mol. The first-order chi connectivity index (χ1) is 7.67. The van der Waals surface area contributed by atoms with Gasteiger partial charge in [0, 0.05) is 5.39 Å². The summed E-state index contributed by atoms with van der Waals surface area (Å²) < 4.78 is 0. The lowest BCUT2D eigenvalue weighted by atomic mass is 10.1. The molecule has 0 aliphatic heterocycles. The number of nitroso groups, excluding NO2 is 1. The summed E-state index contributed by atoms with van der Waals surface area (Å²) in [7, 11) is 0. The van der Waals surface area contributed by atoms with Gasteiger partial charge in [-0.15, -0.1) is 4.91 Å². The largest absolute Gasteiger partial charge is 0.321 e. The van der Waals surface area contributed by atoms with Gasteiger partial charge in [0.2, 0.25) is 0 Å². The second-order valence-electron chi connectivity index (χ2n) is 3.43. The van der Waals surface area contributed by atoms with Crippen LogP contribution in [-0.2, 0) is 0 Å². The summed E-state index contributed by atoms with van der Waals surface area (Å²) in [5.74, 6) is 0. The number of nitrogens with one attached hydrogen (secondary N) is 1. The number of aromatic amines is 1. The first kappa shape index (κ1) is 10.1. The summed E-state index contributed by atoms with van der Waals surface area (Å²) in [5, 5.41) is 12.1. The molecule has 0 aliphatic rings. The lowest BCUT2D eigenvalue weighted by Crippen LogP contribution is -2.10. The number of rotatable bonds is 1. The van der Waals surface area contributed by atoms with Gasteiger partial charge in [-0.3, -0.25) is 4.79 Å². The zero-order valence-corrected chi connectivity index (χ0v) is 8.44. The highest BCUT2D eigenvalue weighted by Gasteiger charge is 2.12. The van der Waals surface area contributed by atoms with Crippen molar-refractivity contribution in [3.8, 4) is 6.07 Å². The van der Waals surface area contributed by atoms with Gasteiger partial charge in [-0.1, -0.05) is 11.6 Å². The summed E-state index contributed by atoms with van der Waals surface area (Å²) in [4.78, 5) is 24.7. The lowest BCUT2D eigenvalue weighted by Gasteiger charge is -2.02. The van der Waals surface area contributed by atoms with Crippen molar-refractivity contribution >= 4 is 16.6 Å². The first-order valence-electron chi connectivity index (χ1n) is 4.57. The van der Waals surface area contributed by atoms with E-state index in [9.17, 15) is 9.70 Å². The Balaban J connectivity index is 3.05. The summed E-state index contributed by atoms with van der Waals surface area (Å²) in [6, 6.07) is 6.89. The van der Waals surface area contributed by atoms with Crippen LogP contribution in [0.3, 0.4) is 0 Å². The Labute approximate surface area is 90.3 Å². The van der Waals surface area contributed by atoms with E-state index in [4.69, 9.17) is 5.26 Å². The van der Waals surface area contributed by atoms with Gasteiger partial charge >= 0.3 is 0 Å². The van der Waals surface area contributed by atoms with Crippen molar-refractivity contribution in [2.45, 2.75) is 6.92 Å². The molecule has 0 fully saturated rings. The summed E-state index contributed by atoms with van der Waals surface area (Å²) >= 11 is 0. The number of hydrogen-bond acceptors (Lipinski definition) is 4. The maximum absolute atomic E-state index is 11.5. The predicted octanol–water partition coefficient (Wildman–Crippen LogP) is 2.11. The van der Waals surface area contributed by atoms with E-state index in [1.165, 1.54) is 0 Å². The summed E-state index contributed by atoms with van der Waals surface area (Å²) in [5.41, 5.74) is 0.504. The van der Waals surface area contributed by atoms with Gasteiger partial charge in [0.05, 0.1) is 5.52 Å². The number of H-pyrrole nitrogens is 1. The minimum atomic E-state index is -0.589. The third-order valence-electron chi connectivity index (χ3n) is 2.35. The van der Waals surface area contributed by atoms with Crippen molar-refractivity contribution in [1.82, 2.24) is 4.98 Å². The second kappa shape index (κ2) is 3.59. The van der Waals surface area contributed by atoms with Gasteiger partial charge in [-0.25, -0.2) is 0 Å². The van der Waals surface area contributed by atoms with Crippen molar-refractivity contribution in [3.63, 3.8) is 0 Å². The Bertz CT molecular complexity index is 680. The van der Waals surface area contributed by atoms with E-state index in [1.807, 2.05) is 6.92 Å². The number of nitrogens with zero attached hydrogens (tertiary/aromatic N) is 2. The summed E-state index contributed by atoms with van der Waals surface area (Å²) in [6.07, 6.45) is 0. The SMILES string of the molecule is Cc1ccc2[nH]c(=O)c(C#N)c(N=O)c2c1. The van der Waals surface area contributed by atoms with E-state index in [0.717, 1.165) is 5.56 Å². The average Bonchev–Trinajstić information content (AvgIpc) is 2.28. The molecular weight excluding hydrogens is 206 g/mol. The van der Waals surface area contributed by atoms with Crippen LogP contribution in [0.4, 0.5) is 5.69 Å². The molecule has 0 bridgehead atoms. The van der Waals surface area contributed by atoms with Crippen LogP contribution in [0, 0.1) is 23.2 Å². The van der Waals surface area contributed by atoms with Crippen molar-refractivity contribution in [1.29, 1.82) is 5.26 Å². The molecule has 0 saturated carbocycles. The van der Waals surface area contributed by atoms with Gasteiger partial charge in [0.1, 0.15) is 17.3 Å². The molecular formula is C11H7N3O2. The zero-order chi connectivity index (χ0) is 11.7. The minimum absolute atomic E-state index is 0.0926. The van der Waals surface area contributed by atoms with Crippen LogP contribution in [0.2, 0.25) is 0 Å². The number of hydrogen-bond donors (Lipinski definition) is 1. The van der Waals surface area contributed by atoms with Crippen molar-refractivity contribution in [3.05, 3.63) is 44.6 Å². The monoisotopic (exact) mass is 213 g/mol. The fourth-order valence-electron chi connectivity index (χ4n) is 1.59. The van der Waals surface area contributed by atoms with Gasteiger partial charge < -0.3 is 4.98 Å². The topological polar surface area (TPSA) is 86.1 Å². The van der Waals surface area contributed by atoms with Gasteiger partial charge in [0.15, 0.2) is 0 Å². The molecule has 0 amide bonds. The Morgan fingerprint density at radius 1 is 1.44 bits per heavy atom. The Morgan fingerprint density at radius 2 is 2.19 bits per heavy atom. The summed E-state index contributed by atoms with van der Waals surface area (Å²) in [6.45, 7) is 1.85. The standard InChI is InChI=1S/C11H7N3O2/c1-6-2-3-9-7(4-6)10(14-16)8(5-12)11(15)13-9/h2-4H,1H3,(H,13,15). The fourth-order valence-corrected chi connectivity index (χ4v) is 1.59. The van der Waals surface area contributed by atoms with Crippen LogP contribution in [0.1, 0.15) is 11.1 Å². The molecule has 0 aliphatic carbocycles. The number of aryl methyl sites for hydroxylation is 1. The van der Waals surface area contributed by atoms with Gasteiger partial charge in [0.25, 0.3) is 5.56 Å². The Kier molecular flexibility index (Phi) is 2.25. The molecule has 2 aromatic rings. The molecule has 0 radical (unpaired) electrons. The molecule has 1 N–H and O–H groups in total. The van der Waals surface area contributed by atoms with E-state index in [-0.39, 0.29) is 11.3 Å². The highest BCUT2D eigenvalue weighted by atomic mass is 16.3. The molecule has 1 heterocycles. The molecule has 5 nitrogen and oxygen atoms in total. The van der Waals surface area contributed by atoms with Crippen LogP contribution < -0.4 is 5.56 Å². The van der Waals surface area contributed by atoms with E-state index in [2.05, 4.69) is 10.2 Å². The minimum Gasteiger partial charge on any atom is -0.321 e. The normalized spacial score (nSPS) is 10.0. The predicted molar refractivity (Wildman–Crippen MR) is 59.5 cm³/mol. The van der Waals surface area contributed by atoms with E-state index in [1.54, 1.807) is 24.3 Å². The number of benzene rings is 1. The quantitative estimate of drug-likeness (QED) is 0.736. The highest BCUT2D eigenvalue weighted by Crippen LogP contribution is 2.26. The van der Waals surface area contributed by atoms with Crippen molar-refractivity contribution in [2.24, 2.45) is 5.18 Å². The van der Waals surface area contributed by atoms with Crippen molar-refractivity contribution in [2.75, 3.05) is 0 Å². The lowest BCUT2D eigenvalue weighted by molar-refractivity contribution is 1.26. The molecule has 1 aromatic carbocycles. The highest BCUT2D eigenvalue weighted by molar-refractivity contribution is 5.92. The Hall–Kier alpha value is -2.48. The number of aromatic nitrogens is 1. The molecule has 0 spiro atoms. The molecule has 16 heavy (non-hydrogen) atoms. The molecule has 0 atom stereocenters. The van der Waals surface area contributed by atoms with Gasteiger partial charge in [-0.2, -0.15) is 5.26 Å². The Morgan fingerprint density at radius 3 is 2.81 bits per heavy atom. The van der Waals surface area contributed by atoms with Crippen molar-refractivity contribution < 1.29 is 0 Å². The third-order valence-corrected chi connectivity index (χ3v) is 2.35. The van der Waals surface area contributed by atoms with E-state index < -0.39 is 5.56 Å². The van der Waals surface area contributed by atoms with E-state index >= 15 is 0 Å². The van der Waals surface area contributed by atoms with E-state index in [0.29, 0.717) is 10.9 Å².